The summed E-state index contributed by atoms with van der Waals surface area (Å²) in [6.45, 7) is 8.37. The Kier molecular flexibility index (Phi) is 4.17. The van der Waals surface area contributed by atoms with Gasteiger partial charge < -0.3 is 4.90 Å². The van der Waals surface area contributed by atoms with Gasteiger partial charge in [0.15, 0.2) is 0 Å². The quantitative estimate of drug-likeness (QED) is 0.528. The molecule has 0 spiro atoms. The summed E-state index contributed by atoms with van der Waals surface area (Å²) in [6.07, 6.45) is 0. The largest absolute Gasteiger partial charge is 0.361 e. The maximum absolute atomic E-state index is 4.54. The lowest BCUT2D eigenvalue weighted by molar-refractivity contribution is 0.463. The van der Waals surface area contributed by atoms with Crippen LogP contribution in [-0.4, -0.2) is 23.8 Å². The van der Waals surface area contributed by atoms with Crippen molar-refractivity contribution in [1.82, 2.24) is 4.90 Å². The first kappa shape index (κ1) is 10.8. The molecule has 1 rings (SSSR count). The highest BCUT2D eigenvalue weighted by molar-refractivity contribution is 5.82. The molecule has 0 saturated heterocycles. The maximum atomic E-state index is 4.54. The molecule has 0 atom stereocenters. The van der Waals surface area contributed by atoms with Crippen LogP contribution in [-0.2, 0) is 0 Å². The minimum atomic E-state index is 1.01. The normalized spacial score (nSPS) is 11.5. The van der Waals surface area contributed by atoms with Crippen molar-refractivity contribution in [3.8, 4) is 0 Å². The molecule has 1 aromatic carbocycles. The van der Waals surface area contributed by atoms with Gasteiger partial charge in [-0.2, -0.15) is 0 Å². The summed E-state index contributed by atoms with van der Waals surface area (Å²) in [4.78, 5) is 6.79. The third-order valence-electron chi connectivity index (χ3n) is 2.27. The Morgan fingerprint density at radius 2 is 1.71 bits per heavy atom. The highest BCUT2D eigenvalue weighted by Gasteiger charge is 2.00. The van der Waals surface area contributed by atoms with Crippen molar-refractivity contribution in [2.45, 2.75) is 20.8 Å². The molecule has 0 amide bonds. The van der Waals surface area contributed by atoms with Crippen LogP contribution in [0.3, 0.4) is 0 Å². The molecule has 0 fully saturated rings. The first-order valence-electron chi connectivity index (χ1n) is 5.13. The molecule has 0 unspecified atom stereocenters. The molecule has 1 aromatic rings. The number of hydrogen-bond acceptors (Lipinski definition) is 1. The zero-order valence-corrected chi connectivity index (χ0v) is 9.20. The summed E-state index contributed by atoms with van der Waals surface area (Å²) in [5.74, 6) is 1.08. The van der Waals surface area contributed by atoms with Crippen molar-refractivity contribution in [3.05, 3.63) is 30.3 Å². The topological polar surface area (TPSA) is 15.6 Å². The van der Waals surface area contributed by atoms with Crippen molar-refractivity contribution < 1.29 is 0 Å². The second kappa shape index (κ2) is 5.43. The summed E-state index contributed by atoms with van der Waals surface area (Å²) in [7, 11) is 0. The van der Waals surface area contributed by atoms with Crippen LogP contribution in [0.1, 0.15) is 20.8 Å². The third kappa shape index (κ3) is 2.87. The monoisotopic (exact) mass is 190 g/mol. The summed E-state index contributed by atoms with van der Waals surface area (Å²) in [5.41, 5.74) is 1.02. The lowest BCUT2D eigenvalue weighted by Gasteiger charge is -2.19. The number of aliphatic imine (C=N–C) groups is 1. The molecular weight excluding hydrogens is 172 g/mol. The highest BCUT2D eigenvalue weighted by Crippen LogP contribution is 2.10. The second-order valence-electron chi connectivity index (χ2n) is 3.17. The smallest absolute Gasteiger partial charge is 0.102 e. The van der Waals surface area contributed by atoms with Gasteiger partial charge >= 0.3 is 0 Å². The van der Waals surface area contributed by atoms with Gasteiger partial charge in [-0.05, 0) is 32.9 Å². The molecule has 2 nitrogen and oxygen atoms in total. The predicted octanol–water partition coefficient (Wildman–Crippen LogP) is 3.08. The molecule has 0 aliphatic carbocycles. The van der Waals surface area contributed by atoms with Gasteiger partial charge in [-0.3, -0.25) is 0 Å². The minimum absolute atomic E-state index is 1.01. The minimum Gasteiger partial charge on any atom is -0.361 e. The number of amidine groups is 1. The fourth-order valence-corrected chi connectivity index (χ4v) is 1.44. The zero-order valence-electron chi connectivity index (χ0n) is 9.20. The summed E-state index contributed by atoms with van der Waals surface area (Å²) in [5, 5.41) is 0. The van der Waals surface area contributed by atoms with Crippen LogP contribution in [0.4, 0.5) is 5.69 Å². The number of nitrogens with zero attached hydrogens (tertiary/aromatic N) is 2. The Labute approximate surface area is 86.3 Å². The van der Waals surface area contributed by atoms with E-state index in [1.54, 1.807) is 0 Å². The van der Waals surface area contributed by atoms with Crippen LogP contribution in [0.25, 0.3) is 0 Å². The molecule has 0 aromatic heterocycles. The van der Waals surface area contributed by atoms with E-state index in [1.165, 1.54) is 0 Å². The van der Waals surface area contributed by atoms with Crippen LogP contribution in [0.2, 0.25) is 0 Å². The molecule has 14 heavy (non-hydrogen) atoms. The van der Waals surface area contributed by atoms with E-state index in [-0.39, 0.29) is 0 Å². The lowest BCUT2D eigenvalue weighted by atomic mass is 10.3. The molecule has 0 aliphatic heterocycles. The van der Waals surface area contributed by atoms with Gasteiger partial charge in [0.1, 0.15) is 5.84 Å². The molecule has 0 saturated carbocycles. The molecule has 0 aliphatic rings. The van der Waals surface area contributed by atoms with E-state index in [0.717, 1.165) is 24.6 Å². The maximum Gasteiger partial charge on any atom is 0.102 e. The summed E-state index contributed by atoms with van der Waals surface area (Å²) >= 11 is 0. The van der Waals surface area contributed by atoms with Crippen molar-refractivity contribution in [3.63, 3.8) is 0 Å². The first-order valence-corrected chi connectivity index (χ1v) is 5.13. The van der Waals surface area contributed by atoms with E-state index < -0.39 is 0 Å². The van der Waals surface area contributed by atoms with Gasteiger partial charge in [-0.15, -0.1) is 0 Å². The van der Waals surface area contributed by atoms with E-state index in [2.05, 4.69) is 30.7 Å². The number of hydrogen-bond donors (Lipinski definition) is 0. The van der Waals surface area contributed by atoms with Crippen LogP contribution in [0, 0.1) is 0 Å². The van der Waals surface area contributed by atoms with Gasteiger partial charge in [-0.25, -0.2) is 4.99 Å². The number of rotatable bonds is 3. The third-order valence-corrected chi connectivity index (χ3v) is 2.27. The van der Waals surface area contributed by atoms with E-state index >= 15 is 0 Å². The predicted molar refractivity (Wildman–Crippen MR) is 62.1 cm³/mol. The highest BCUT2D eigenvalue weighted by atomic mass is 15.2. The van der Waals surface area contributed by atoms with Gasteiger partial charge in [0.2, 0.25) is 0 Å². The molecule has 2 heteroatoms. The van der Waals surface area contributed by atoms with Crippen LogP contribution in [0.5, 0.6) is 0 Å². The zero-order chi connectivity index (χ0) is 10.4. The first-order chi connectivity index (χ1) is 6.77. The summed E-state index contributed by atoms with van der Waals surface area (Å²) in [6, 6.07) is 10.1. The van der Waals surface area contributed by atoms with Crippen molar-refractivity contribution >= 4 is 11.5 Å². The van der Waals surface area contributed by atoms with Crippen molar-refractivity contribution in [1.29, 1.82) is 0 Å². The molecular formula is C12H18N2. The van der Waals surface area contributed by atoms with E-state index in [1.807, 2.05) is 30.3 Å². The fourth-order valence-electron chi connectivity index (χ4n) is 1.44. The van der Waals surface area contributed by atoms with Gasteiger partial charge in [0.25, 0.3) is 0 Å². The van der Waals surface area contributed by atoms with Gasteiger partial charge in [0.05, 0.1) is 5.69 Å². The standard InChI is InChI=1S/C12H18N2/c1-4-14(5-2)11(3)13-12-9-7-6-8-10-12/h6-10H,4-5H2,1-3H3/b13-11-. The van der Waals surface area contributed by atoms with Crippen molar-refractivity contribution in [2.24, 2.45) is 4.99 Å². The Balaban J connectivity index is 2.77. The van der Waals surface area contributed by atoms with E-state index in [4.69, 9.17) is 0 Å². The van der Waals surface area contributed by atoms with E-state index in [0.29, 0.717) is 0 Å². The van der Waals surface area contributed by atoms with Gasteiger partial charge in [-0.1, -0.05) is 18.2 Å². The Morgan fingerprint density at radius 1 is 1.14 bits per heavy atom. The fraction of sp³-hybridized carbons (Fsp3) is 0.417. The van der Waals surface area contributed by atoms with Gasteiger partial charge in [0, 0.05) is 13.1 Å². The Morgan fingerprint density at radius 3 is 2.21 bits per heavy atom. The SMILES string of the molecule is CCN(CC)/C(C)=N\c1ccccc1. The molecule has 0 N–H and O–H groups in total. The molecule has 0 bridgehead atoms. The average Bonchev–Trinajstić information content (AvgIpc) is 2.21. The van der Waals surface area contributed by atoms with Crippen molar-refractivity contribution in [2.75, 3.05) is 13.1 Å². The summed E-state index contributed by atoms with van der Waals surface area (Å²) < 4.78 is 0. The lowest BCUT2D eigenvalue weighted by Crippen LogP contribution is -2.27. The molecule has 0 radical (unpaired) electrons. The Bertz CT molecular complexity index is 286. The second-order valence-corrected chi connectivity index (χ2v) is 3.17. The van der Waals surface area contributed by atoms with Crippen LogP contribution in [0.15, 0.2) is 35.3 Å². The molecule has 76 valence electrons. The van der Waals surface area contributed by atoms with E-state index in [9.17, 15) is 0 Å². The Hall–Kier alpha value is -1.31. The number of para-hydroxylation sites is 1. The van der Waals surface area contributed by atoms with Crippen LogP contribution >= 0.6 is 0 Å². The molecule has 0 heterocycles. The van der Waals surface area contributed by atoms with Crippen LogP contribution < -0.4 is 0 Å². The number of benzene rings is 1. The average molecular weight is 190 g/mol.